The summed E-state index contributed by atoms with van der Waals surface area (Å²) in [5, 5.41) is 10.5. The summed E-state index contributed by atoms with van der Waals surface area (Å²) in [6.07, 6.45) is 0. The number of nitro groups is 1. The average Bonchev–Trinajstić information content (AvgIpc) is 2.12. The minimum Gasteiger partial charge on any atom is -0.282 e. The van der Waals surface area contributed by atoms with Crippen LogP contribution in [0, 0.1) is 10.1 Å². The van der Waals surface area contributed by atoms with Gasteiger partial charge in [0.15, 0.2) is 0 Å². The maximum atomic E-state index is 10.8. The summed E-state index contributed by atoms with van der Waals surface area (Å²) >= 11 is 0. The minimum atomic E-state index is -4.99. The van der Waals surface area contributed by atoms with E-state index in [-0.39, 0.29) is 0 Å². The molecule has 0 spiro atoms. The van der Waals surface area contributed by atoms with Crippen molar-refractivity contribution < 1.29 is 23.4 Å². The molecule has 1 rings (SSSR count). The fraction of sp³-hybridized carbons (Fsp3) is 0. The SMILES string of the molecule is [2H]c1c([2H])c(S(=O)(=O)O)c([2H])c([2H])c1[N+](=O)[O-]. The third-order valence-corrected chi connectivity index (χ3v) is 1.75. The maximum Gasteiger partial charge on any atom is 0.294 e. The number of nitro benzene ring substituents is 1. The third kappa shape index (κ3) is 2.23. The molecule has 0 aliphatic carbocycles. The van der Waals surface area contributed by atoms with E-state index in [2.05, 4.69) is 0 Å². The van der Waals surface area contributed by atoms with Gasteiger partial charge in [-0.25, -0.2) is 0 Å². The van der Waals surface area contributed by atoms with Crippen molar-refractivity contribution in [2.45, 2.75) is 4.90 Å². The quantitative estimate of drug-likeness (QED) is 0.440. The molecule has 1 N–H and O–H groups in total. The van der Waals surface area contributed by atoms with E-state index >= 15 is 0 Å². The van der Waals surface area contributed by atoms with Crippen LogP contribution in [0.4, 0.5) is 5.69 Å². The molecule has 0 saturated carbocycles. The van der Waals surface area contributed by atoms with E-state index in [9.17, 15) is 18.5 Å². The van der Waals surface area contributed by atoms with Crippen molar-refractivity contribution in [3.8, 4) is 0 Å². The van der Waals surface area contributed by atoms with E-state index in [1.165, 1.54) is 0 Å². The second kappa shape index (κ2) is 3.11. The molecule has 0 unspecified atom stereocenters. The van der Waals surface area contributed by atoms with Crippen LogP contribution in [0.3, 0.4) is 0 Å². The zero-order chi connectivity index (χ0) is 13.5. The summed E-state index contributed by atoms with van der Waals surface area (Å²) in [7, 11) is -4.99. The predicted molar refractivity (Wildman–Crippen MR) is 42.9 cm³/mol. The number of hydrogen-bond donors (Lipinski definition) is 1. The Morgan fingerprint density at radius 2 is 1.85 bits per heavy atom. The summed E-state index contributed by atoms with van der Waals surface area (Å²) in [4.78, 5) is 8.06. The Labute approximate surface area is 79.3 Å². The van der Waals surface area contributed by atoms with Gasteiger partial charge in [0, 0.05) is 12.1 Å². The van der Waals surface area contributed by atoms with Crippen molar-refractivity contribution in [3.63, 3.8) is 0 Å². The molecule has 0 aliphatic heterocycles. The first-order valence-corrected chi connectivity index (χ1v) is 4.25. The van der Waals surface area contributed by atoms with Crippen molar-refractivity contribution >= 4 is 15.8 Å². The molecular formula is C6H5NO5S. The summed E-state index contributed by atoms with van der Waals surface area (Å²) in [5.41, 5.74) is -1.15. The number of benzene rings is 1. The number of rotatable bonds is 2. The van der Waals surface area contributed by atoms with Crippen LogP contribution in [0.1, 0.15) is 5.48 Å². The van der Waals surface area contributed by atoms with Gasteiger partial charge in [-0.05, 0) is 12.1 Å². The summed E-state index contributed by atoms with van der Waals surface area (Å²) in [6.45, 7) is 0. The third-order valence-electron chi connectivity index (χ3n) is 1.03. The highest BCUT2D eigenvalue weighted by atomic mass is 32.2. The smallest absolute Gasteiger partial charge is 0.282 e. The van der Waals surface area contributed by atoms with Crippen LogP contribution in [0.5, 0.6) is 0 Å². The Morgan fingerprint density at radius 3 is 2.15 bits per heavy atom. The first kappa shape index (κ1) is 5.30. The molecule has 0 saturated heterocycles. The van der Waals surface area contributed by atoms with Crippen molar-refractivity contribution in [2.75, 3.05) is 0 Å². The number of nitrogens with zero attached hydrogens (tertiary/aromatic N) is 1. The van der Waals surface area contributed by atoms with E-state index in [0.717, 1.165) is 0 Å². The Kier molecular flexibility index (Phi) is 1.27. The Hall–Kier alpha value is -1.47. The topological polar surface area (TPSA) is 97.5 Å². The summed E-state index contributed by atoms with van der Waals surface area (Å²) in [6, 6.07) is -4.63. The normalized spacial score (nSPS) is 15.5. The minimum absolute atomic E-state index is 1.14. The Morgan fingerprint density at radius 1 is 1.38 bits per heavy atom. The lowest BCUT2D eigenvalue weighted by atomic mass is 10.3. The molecule has 0 amide bonds. The average molecular weight is 207 g/mol. The van der Waals surface area contributed by atoms with E-state index in [4.69, 9.17) is 10.0 Å². The standard InChI is InChI=1S/C6H5NO5S/c8-7(9)5-1-3-6(4-2-5)13(10,11)12/h1-4H,(H,10,11,12)/i1D,2D,3D,4D. The molecule has 1 aromatic carbocycles. The van der Waals surface area contributed by atoms with Crippen LogP contribution >= 0.6 is 0 Å². The predicted octanol–water partition coefficient (Wildman–Crippen LogP) is 0.841. The van der Waals surface area contributed by atoms with Crippen LogP contribution in [0.25, 0.3) is 0 Å². The van der Waals surface area contributed by atoms with Crippen molar-refractivity contribution in [2.24, 2.45) is 0 Å². The van der Waals surface area contributed by atoms with Crippen LogP contribution in [-0.2, 0) is 10.1 Å². The summed E-state index contributed by atoms with van der Waals surface area (Å²) < 4.78 is 59.1. The van der Waals surface area contributed by atoms with E-state index in [0.29, 0.717) is 0 Å². The van der Waals surface area contributed by atoms with Crippen LogP contribution in [0.15, 0.2) is 29.1 Å². The van der Waals surface area contributed by atoms with Gasteiger partial charge in [0.1, 0.15) is 0 Å². The largest absolute Gasteiger partial charge is 0.294 e. The van der Waals surface area contributed by atoms with Gasteiger partial charge in [0.2, 0.25) is 0 Å². The fourth-order valence-electron chi connectivity index (χ4n) is 0.515. The molecule has 70 valence electrons. The summed E-state index contributed by atoms with van der Waals surface area (Å²) in [5.74, 6) is 0. The molecule has 0 aliphatic rings. The zero-order valence-electron chi connectivity index (χ0n) is 9.94. The highest BCUT2D eigenvalue weighted by Crippen LogP contribution is 2.14. The molecule has 0 heterocycles. The second-order valence-electron chi connectivity index (χ2n) is 1.91. The van der Waals surface area contributed by atoms with Gasteiger partial charge in [-0.2, -0.15) is 8.42 Å². The van der Waals surface area contributed by atoms with Crippen molar-refractivity contribution in [1.82, 2.24) is 0 Å². The van der Waals surface area contributed by atoms with Gasteiger partial charge in [0.05, 0.1) is 15.3 Å². The van der Waals surface area contributed by atoms with E-state index < -0.39 is 49.8 Å². The highest BCUT2D eigenvalue weighted by molar-refractivity contribution is 7.85. The van der Waals surface area contributed by atoms with Crippen LogP contribution in [-0.4, -0.2) is 17.9 Å². The Bertz CT molecular complexity index is 584. The molecule has 1 aromatic rings. The first-order valence-electron chi connectivity index (χ1n) is 4.81. The molecule has 6 nitrogen and oxygen atoms in total. The lowest BCUT2D eigenvalue weighted by Gasteiger charge is -1.94. The van der Waals surface area contributed by atoms with Crippen molar-refractivity contribution in [1.29, 1.82) is 0 Å². The lowest BCUT2D eigenvalue weighted by Crippen LogP contribution is -1.97. The monoisotopic (exact) mass is 207 g/mol. The first-order chi connectivity index (χ1) is 7.59. The second-order valence-corrected chi connectivity index (χ2v) is 3.27. The number of hydrogen-bond acceptors (Lipinski definition) is 4. The molecule has 0 radical (unpaired) electrons. The molecule has 0 bridgehead atoms. The molecule has 0 aromatic heterocycles. The maximum absolute atomic E-state index is 10.8. The molecule has 0 atom stereocenters. The van der Waals surface area contributed by atoms with Gasteiger partial charge in [-0.1, -0.05) is 0 Å². The van der Waals surface area contributed by atoms with Gasteiger partial charge in [-0.3, -0.25) is 14.7 Å². The van der Waals surface area contributed by atoms with Gasteiger partial charge in [-0.15, -0.1) is 0 Å². The molecule has 0 fully saturated rings. The van der Waals surface area contributed by atoms with Crippen LogP contribution < -0.4 is 0 Å². The van der Waals surface area contributed by atoms with E-state index in [1.54, 1.807) is 0 Å². The molecule has 13 heavy (non-hydrogen) atoms. The van der Waals surface area contributed by atoms with Crippen molar-refractivity contribution in [3.05, 3.63) is 34.3 Å². The zero-order valence-corrected chi connectivity index (χ0v) is 6.75. The molecular weight excluding hydrogens is 198 g/mol. The Balaban J connectivity index is 3.91. The van der Waals surface area contributed by atoms with Gasteiger partial charge < -0.3 is 0 Å². The van der Waals surface area contributed by atoms with E-state index in [1.807, 2.05) is 0 Å². The van der Waals surface area contributed by atoms with Gasteiger partial charge >= 0.3 is 0 Å². The van der Waals surface area contributed by atoms with Gasteiger partial charge in [0.25, 0.3) is 15.8 Å². The fourth-order valence-corrected chi connectivity index (χ4v) is 0.875. The molecule has 7 heteroatoms. The highest BCUT2D eigenvalue weighted by Gasteiger charge is 2.11. The lowest BCUT2D eigenvalue weighted by molar-refractivity contribution is -0.384. The van der Waals surface area contributed by atoms with Crippen LogP contribution in [0.2, 0.25) is 0 Å².